The number of hydrogen-bond acceptors (Lipinski definition) is 2. The van der Waals surface area contributed by atoms with Crippen LogP contribution in [-0.4, -0.2) is 5.84 Å². The Kier molecular flexibility index (Phi) is 6.69. The van der Waals surface area contributed by atoms with Gasteiger partial charge in [0.05, 0.1) is 16.3 Å². The van der Waals surface area contributed by atoms with E-state index >= 15 is 0 Å². The molecule has 0 aliphatic heterocycles. The minimum Gasteiger partial charge on any atom is -0.382 e. The fourth-order valence-electron chi connectivity index (χ4n) is 1.55. The van der Waals surface area contributed by atoms with Crippen molar-refractivity contribution in [3.8, 4) is 0 Å². The number of nitrogens with two attached hydrogens (primary N) is 1. The maximum atomic E-state index is 13.6. The van der Waals surface area contributed by atoms with Crippen molar-refractivity contribution in [2.75, 3.05) is 5.43 Å². The first-order valence-corrected chi connectivity index (χ1v) is 7.06. The molecule has 0 heterocycles. The molecule has 0 saturated carbocycles. The zero-order valence-corrected chi connectivity index (χ0v) is 13.1. The van der Waals surface area contributed by atoms with E-state index in [4.69, 9.17) is 17.3 Å². The van der Waals surface area contributed by atoms with Crippen LogP contribution in [0.5, 0.6) is 0 Å². The summed E-state index contributed by atoms with van der Waals surface area (Å²) in [5, 5.41) is 4.16. The topological polar surface area (TPSA) is 50.4 Å². The van der Waals surface area contributed by atoms with Gasteiger partial charge in [0, 0.05) is 0 Å². The number of rotatable bonds is 3. The summed E-state index contributed by atoms with van der Waals surface area (Å²) in [7, 11) is 0. The average Bonchev–Trinajstić information content (AvgIpc) is 2.48. The Morgan fingerprint density at radius 2 is 1.76 bits per heavy atom. The Hall–Kier alpha value is -2.07. The summed E-state index contributed by atoms with van der Waals surface area (Å²) < 4.78 is 13.6. The number of hydrazone groups is 1. The van der Waals surface area contributed by atoms with Gasteiger partial charge in [-0.3, -0.25) is 5.43 Å². The number of benzene rings is 2. The quantitative estimate of drug-likeness (QED) is 0.496. The van der Waals surface area contributed by atoms with Crippen molar-refractivity contribution in [1.82, 2.24) is 0 Å². The van der Waals surface area contributed by atoms with Gasteiger partial charge in [0.2, 0.25) is 0 Å². The van der Waals surface area contributed by atoms with E-state index in [-0.39, 0.29) is 16.4 Å². The predicted octanol–water partition coefficient (Wildman–Crippen LogP) is 4.55. The van der Waals surface area contributed by atoms with Gasteiger partial charge in [-0.2, -0.15) is 5.10 Å². The summed E-state index contributed by atoms with van der Waals surface area (Å²) in [6, 6.07) is 11.9. The molecule has 0 atom stereocenters. The summed E-state index contributed by atoms with van der Waals surface area (Å²) in [6.07, 6.45) is 0. The van der Waals surface area contributed by atoms with Crippen LogP contribution in [0, 0.1) is 12.7 Å². The first-order valence-electron chi connectivity index (χ1n) is 6.68. The van der Waals surface area contributed by atoms with E-state index in [1.807, 2.05) is 45.0 Å². The summed E-state index contributed by atoms with van der Waals surface area (Å²) in [5.41, 5.74) is 10.5. The van der Waals surface area contributed by atoms with Gasteiger partial charge >= 0.3 is 0 Å². The first kappa shape index (κ1) is 17.0. The molecule has 2 aromatic carbocycles. The molecule has 0 amide bonds. The molecule has 0 unspecified atom stereocenters. The van der Waals surface area contributed by atoms with Crippen LogP contribution in [0.1, 0.15) is 25.0 Å². The van der Waals surface area contributed by atoms with Crippen molar-refractivity contribution in [1.29, 1.82) is 0 Å². The Morgan fingerprint density at radius 3 is 2.33 bits per heavy atom. The normalized spacial score (nSPS) is 10.6. The van der Waals surface area contributed by atoms with Gasteiger partial charge in [-0.15, -0.1) is 0 Å². The lowest BCUT2D eigenvalue weighted by Gasteiger charge is -2.06. The van der Waals surface area contributed by atoms with Crippen LogP contribution in [0.15, 0.2) is 47.6 Å². The van der Waals surface area contributed by atoms with Gasteiger partial charge in [-0.25, -0.2) is 4.39 Å². The summed E-state index contributed by atoms with van der Waals surface area (Å²) in [4.78, 5) is 0. The Morgan fingerprint density at radius 1 is 1.14 bits per heavy atom. The fourth-order valence-corrected chi connectivity index (χ4v) is 1.81. The zero-order valence-electron chi connectivity index (χ0n) is 12.3. The largest absolute Gasteiger partial charge is 0.382 e. The predicted molar refractivity (Wildman–Crippen MR) is 88.3 cm³/mol. The van der Waals surface area contributed by atoms with E-state index in [1.165, 1.54) is 12.1 Å². The van der Waals surface area contributed by atoms with Crippen molar-refractivity contribution in [3.05, 3.63) is 64.4 Å². The number of hydrogen-bond donors (Lipinski definition) is 2. The first-order chi connectivity index (χ1) is 10.1. The number of nitrogens with zero attached hydrogens (tertiary/aromatic N) is 1. The zero-order chi connectivity index (χ0) is 15.8. The molecule has 3 nitrogen and oxygen atoms in total. The van der Waals surface area contributed by atoms with Crippen molar-refractivity contribution in [2.45, 2.75) is 20.8 Å². The van der Waals surface area contributed by atoms with Crippen LogP contribution in [0.2, 0.25) is 5.02 Å². The van der Waals surface area contributed by atoms with Crippen LogP contribution in [0.25, 0.3) is 0 Å². The Balaban J connectivity index is 0.00000106. The van der Waals surface area contributed by atoms with Crippen molar-refractivity contribution in [2.24, 2.45) is 10.8 Å². The second-order valence-corrected chi connectivity index (χ2v) is 4.48. The van der Waals surface area contributed by atoms with Crippen LogP contribution in [0.3, 0.4) is 0 Å². The molecule has 0 spiro atoms. The van der Waals surface area contributed by atoms with Crippen LogP contribution < -0.4 is 11.2 Å². The molecule has 0 aromatic heterocycles. The second-order valence-electron chi connectivity index (χ2n) is 4.07. The molecular weight excluding hydrogens is 289 g/mol. The molecule has 0 bridgehead atoms. The minimum absolute atomic E-state index is 0.00340. The van der Waals surface area contributed by atoms with Crippen molar-refractivity contribution < 1.29 is 4.39 Å². The number of nitrogens with one attached hydrogen (secondary N) is 1. The van der Waals surface area contributed by atoms with Crippen LogP contribution in [0.4, 0.5) is 10.1 Å². The van der Waals surface area contributed by atoms with E-state index in [1.54, 1.807) is 6.07 Å². The third-order valence-corrected chi connectivity index (χ3v) is 2.89. The van der Waals surface area contributed by atoms with Crippen LogP contribution in [-0.2, 0) is 0 Å². The second kappa shape index (κ2) is 8.27. The van der Waals surface area contributed by atoms with Gasteiger partial charge in [-0.05, 0) is 31.2 Å². The fraction of sp³-hybridized carbons (Fsp3) is 0.188. The average molecular weight is 308 g/mol. The molecule has 3 N–H and O–H groups in total. The molecule has 2 rings (SSSR count). The monoisotopic (exact) mass is 307 g/mol. The number of halogens is 2. The van der Waals surface area contributed by atoms with Gasteiger partial charge in [-0.1, -0.05) is 49.2 Å². The van der Waals surface area contributed by atoms with Crippen LogP contribution >= 0.6 is 11.6 Å². The number of amidine groups is 1. The smallest absolute Gasteiger partial charge is 0.155 e. The molecule has 0 saturated heterocycles. The molecule has 2 aromatic rings. The molecular formula is C16H19ClFN3. The number of aryl methyl sites for hydroxylation is 1. The third kappa shape index (κ3) is 4.76. The molecule has 0 radical (unpaired) electrons. The van der Waals surface area contributed by atoms with E-state index in [9.17, 15) is 4.39 Å². The van der Waals surface area contributed by atoms with E-state index in [0.29, 0.717) is 0 Å². The molecule has 0 aliphatic carbocycles. The highest BCUT2D eigenvalue weighted by atomic mass is 35.5. The van der Waals surface area contributed by atoms with E-state index in [0.717, 1.165) is 11.3 Å². The highest BCUT2D eigenvalue weighted by molar-refractivity contribution is 6.34. The highest BCUT2D eigenvalue weighted by Gasteiger charge is 2.10. The van der Waals surface area contributed by atoms with Gasteiger partial charge in [0.1, 0.15) is 5.82 Å². The lowest BCUT2D eigenvalue weighted by atomic mass is 10.2. The Bertz CT molecular complexity index is 589. The van der Waals surface area contributed by atoms with Crippen molar-refractivity contribution in [3.63, 3.8) is 0 Å². The van der Waals surface area contributed by atoms with Gasteiger partial charge in [0.25, 0.3) is 0 Å². The Labute approximate surface area is 129 Å². The lowest BCUT2D eigenvalue weighted by molar-refractivity contribution is 0.625. The van der Waals surface area contributed by atoms with E-state index in [2.05, 4.69) is 10.5 Å². The maximum Gasteiger partial charge on any atom is 0.155 e. The van der Waals surface area contributed by atoms with E-state index < -0.39 is 5.82 Å². The summed E-state index contributed by atoms with van der Waals surface area (Å²) in [6.45, 7) is 5.99. The molecule has 0 fully saturated rings. The minimum atomic E-state index is -0.501. The third-order valence-electron chi connectivity index (χ3n) is 2.58. The van der Waals surface area contributed by atoms with Gasteiger partial charge < -0.3 is 5.73 Å². The number of anilines is 1. The summed E-state index contributed by atoms with van der Waals surface area (Å²) >= 11 is 5.90. The molecule has 5 heteroatoms. The standard InChI is InChI=1S/C14H13ClFN3.C2H6/c1-9-5-7-10(8-6-9)18-19-14(17)13-11(15)3-2-4-12(13)16;1-2/h2-8,18H,1H3,(H2,17,19);1-2H3. The maximum absolute atomic E-state index is 13.6. The molecule has 0 aliphatic rings. The highest BCUT2D eigenvalue weighted by Crippen LogP contribution is 2.18. The van der Waals surface area contributed by atoms with Gasteiger partial charge in [0.15, 0.2) is 5.84 Å². The lowest BCUT2D eigenvalue weighted by Crippen LogP contribution is -2.17. The molecule has 21 heavy (non-hydrogen) atoms. The SMILES string of the molecule is CC.Cc1ccc(N/N=C(\N)c2c(F)cccc2Cl)cc1. The molecule has 112 valence electrons. The summed E-state index contributed by atoms with van der Waals surface area (Å²) in [5.74, 6) is -0.497. The van der Waals surface area contributed by atoms with Crippen molar-refractivity contribution >= 4 is 23.1 Å².